The normalized spacial score (nSPS) is 12.0. The zero-order valence-corrected chi connectivity index (χ0v) is 16.7. The summed E-state index contributed by atoms with van der Waals surface area (Å²) in [4.78, 5) is 0.0506. The van der Waals surface area contributed by atoms with Crippen molar-refractivity contribution in [2.24, 2.45) is 0 Å². The molecule has 0 aliphatic rings. The van der Waals surface area contributed by atoms with Gasteiger partial charge in [0.15, 0.2) is 0 Å². The van der Waals surface area contributed by atoms with Crippen LogP contribution in [0.1, 0.15) is 5.56 Å². The Balaban J connectivity index is 2.01. The van der Waals surface area contributed by atoms with Crippen LogP contribution in [0.25, 0.3) is 0 Å². The van der Waals surface area contributed by atoms with E-state index >= 15 is 0 Å². The summed E-state index contributed by atoms with van der Waals surface area (Å²) in [5.41, 5.74) is 0.927. The molecule has 3 aromatic rings. The number of rotatable bonds is 5. The van der Waals surface area contributed by atoms with Crippen molar-refractivity contribution in [3.05, 3.63) is 97.1 Å². The molecule has 0 bridgehead atoms. The average molecular weight is 488 g/mol. The molecule has 0 saturated heterocycles. The van der Waals surface area contributed by atoms with Gasteiger partial charge in [0, 0.05) is 0 Å². The molecule has 136 valence electrons. The van der Waals surface area contributed by atoms with Crippen molar-refractivity contribution in [1.29, 1.82) is 0 Å². The molecule has 0 aromatic heterocycles. The fraction of sp³-hybridized carbons (Fsp3) is 0.0526. The molecule has 26 heavy (non-hydrogen) atoms. The number of hydrogen-bond acceptors (Lipinski definition) is 3. The van der Waals surface area contributed by atoms with Crippen LogP contribution in [0.2, 0.25) is 0 Å². The molecule has 0 amide bonds. The summed E-state index contributed by atoms with van der Waals surface area (Å²) in [6, 6.07) is 17.4. The second-order valence-corrected chi connectivity index (χ2v) is 11.9. The first kappa shape index (κ1) is 18.9. The topological polar surface area (TPSA) is 43.4 Å². The molecule has 7 heteroatoms. The minimum atomic E-state index is -4.01. The Hall–Kier alpha value is -1.84. The Morgan fingerprint density at radius 1 is 0.731 bits per heavy atom. The molecule has 0 radical (unpaired) electrons. The Morgan fingerprint density at radius 3 is 1.58 bits per heavy atom. The molecular formula is C19H15F2IO3S. The van der Waals surface area contributed by atoms with E-state index in [1.807, 2.05) is 6.92 Å². The Labute approximate surface area is 158 Å². The first-order valence-corrected chi connectivity index (χ1v) is 12.0. The summed E-state index contributed by atoms with van der Waals surface area (Å²) in [5, 5.41) is 0. The van der Waals surface area contributed by atoms with E-state index in [4.69, 9.17) is 2.51 Å². The van der Waals surface area contributed by atoms with Gasteiger partial charge in [-0.1, -0.05) is 0 Å². The van der Waals surface area contributed by atoms with Gasteiger partial charge in [0.2, 0.25) is 0 Å². The first-order valence-electron chi connectivity index (χ1n) is 7.58. The van der Waals surface area contributed by atoms with E-state index in [2.05, 4.69) is 0 Å². The molecular weight excluding hydrogens is 473 g/mol. The van der Waals surface area contributed by atoms with Gasteiger partial charge in [-0.3, -0.25) is 0 Å². The zero-order chi connectivity index (χ0) is 18.7. The molecule has 0 aliphatic heterocycles. The third-order valence-corrected chi connectivity index (χ3v) is 10.8. The molecule has 0 heterocycles. The summed E-state index contributed by atoms with van der Waals surface area (Å²) in [5.74, 6) is -0.852. The van der Waals surface area contributed by atoms with Crippen LogP contribution in [-0.4, -0.2) is 8.42 Å². The second kappa shape index (κ2) is 7.81. The molecule has 0 spiro atoms. The van der Waals surface area contributed by atoms with Gasteiger partial charge >= 0.3 is 159 Å². The van der Waals surface area contributed by atoms with Crippen molar-refractivity contribution < 1.29 is 19.7 Å². The second-order valence-electron chi connectivity index (χ2n) is 5.45. The average Bonchev–Trinajstić information content (AvgIpc) is 2.62. The van der Waals surface area contributed by atoms with Crippen molar-refractivity contribution in [3.63, 3.8) is 0 Å². The zero-order valence-electron chi connectivity index (χ0n) is 13.7. The van der Waals surface area contributed by atoms with E-state index in [0.29, 0.717) is 7.14 Å². The molecule has 3 nitrogen and oxygen atoms in total. The van der Waals surface area contributed by atoms with E-state index in [0.717, 1.165) is 5.56 Å². The predicted molar refractivity (Wildman–Crippen MR) is 104 cm³/mol. The van der Waals surface area contributed by atoms with Gasteiger partial charge in [-0.05, 0) is 0 Å². The van der Waals surface area contributed by atoms with E-state index in [-0.39, 0.29) is 4.90 Å². The van der Waals surface area contributed by atoms with E-state index in [9.17, 15) is 17.2 Å². The summed E-state index contributed by atoms with van der Waals surface area (Å²) < 4.78 is 58.7. The van der Waals surface area contributed by atoms with Gasteiger partial charge in [-0.25, -0.2) is 0 Å². The standard InChI is InChI=1S/C19H15F2IO3S/c1-14-2-12-19(13-3-14)26(23,24)25-22(17-8-4-15(20)5-9-17)18-10-6-16(21)7-11-18/h2-13H,1H3. The van der Waals surface area contributed by atoms with Crippen LogP contribution in [0.4, 0.5) is 8.78 Å². The summed E-state index contributed by atoms with van der Waals surface area (Å²) >= 11 is -2.94. The third-order valence-electron chi connectivity index (χ3n) is 3.46. The summed E-state index contributed by atoms with van der Waals surface area (Å²) in [6.45, 7) is 1.85. The van der Waals surface area contributed by atoms with Gasteiger partial charge in [0.1, 0.15) is 0 Å². The fourth-order valence-electron chi connectivity index (χ4n) is 2.11. The van der Waals surface area contributed by atoms with Crippen LogP contribution in [-0.2, 0) is 12.6 Å². The SMILES string of the molecule is Cc1ccc(S(=O)(=O)OI(c2ccc(F)cc2)c2ccc(F)cc2)cc1. The van der Waals surface area contributed by atoms with Gasteiger partial charge in [0.05, 0.1) is 0 Å². The van der Waals surface area contributed by atoms with E-state index in [1.165, 1.54) is 60.7 Å². The van der Waals surface area contributed by atoms with Crippen molar-refractivity contribution >= 4 is 30.4 Å². The Morgan fingerprint density at radius 2 is 1.15 bits per heavy atom. The molecule has 0 atom stereocenters. The number of halogens is 3. The quantitative estimate of drug-likeness (QED) is 0.468. The van der Waals surface area contributed by atoms with Crippen LogP contribution >= 0.6 is 20.2 Å². The maximum absolute atomic E-state index is 13.3. The van der Waals surface area contributed by atoms with E-state index < -0.39 is 42.0 Å². The van der Waals surface area contributed by atoms with E-state index in [1.54, 1.807) is 12.1 Å². The predicted octanol–water partition coefficient (Wildman–Crippen LogP) is 5.14. The van der Waals surface area contributed by atoms with Gasteiger partial charge < -0.3 is 0 Å². The Kier molecular flexibility index (Phi) is 5.69. The molecule has 0 aliphatic carbocycles. The first-order chi connectivity index (χ1) is 12.3. The third kappa shape index (κ3) is 4.46. The van der Waals surface area contributed by atoms with Crippen LogP contribution in [0.15, 0.2) is 77.7 Å². The van der Waals surface area contributed by atoms with Crippen molar-refractivity contribution in [3.8, 4) is 0 Å². The summed E-state index contributed by atoms with van der Waals surface area (Å²) in [6.07, 6.45) is 0. The maximum atomic E-state index is 13.3. The van der Waals surface area contributed by atoms with Crippen LogP contribution < -0.4 is 0 Å². The van der Waals surface area contributed by atoms with Crippen LogP contribution in [0.3, 0.4) is 0 Å². The molecule has 0 N–H and O–H groups in total. The van der Waals surface area contributed by atoms with Gasteiger partial charge in [0.25, 0.3) is 0 Å². The van der Waals surface area contributed by atoms with Gasteiger partial charge in [-0.15, -0.1) is 0 Å². The molecule has 0 unspecified atom stereocenters. The van der Waals surface area contributed by atoms with Crippen LogP contribution in [0.5, 0.6) is 0 Å². The van der Waals surface area contributed by atoms with Crippen molar-refractivity contribution in [1.82, 2.24) is 0 Å². The molecule has 0 fully saturated rings. The van der Waals surface area contributed by atoms with Crippen LogP contribution in [0, 0.1) is 25.7 Å². The minimum absolute atomic E-state index is 0.0506. The number of aryl methyl sites for hydroxylation is 1. The monoisotopic (exact) mass is 488 g/mol. The molecule has 3 rings (SSSR count). The molecule has 0 saturated carbocycles. The molecule has 3 aromatic carbocycles. The number of benzene rings is 3. The number of hydrogen-bond donors (Lipinski definition) is 0. The Bertz CT molecular complexity index is 941. The fourth-order valence-corrected chi connectivity index (χ4v) is 9.00. The van der Waals surface area contributed by atoms with Crippen molar-refractivity contribution in [2.75, 3.05) is 0 Å². The van der Waals surface area contributed by atoms with Crippen molar-refractivity contribution in [2.45, 2.75) is 11.8 Å². The summed E-state index contributed by atoms with van der Waals surface area (Å²) in [7, 11) is -4.01. The van der Waals surface area contributed by atoms with Gasteiger partial charge in [-0.2, -0.15) is 0 Å².